The molecule has 1 saturated heterocycles. The lowest BCUT2D eigenvalue weighted by molar-refractivity contribution is -0.173. The summed E-state index contributed by atoms with van der Waals surface area (Å²) >= 11 is 0. The molecule has 19 heavy (non-hydrogen) atoms. The molecular weight excluding hydrogens is 236 g/mol. The van der Waals surface area contributed by atoms with E-state index < -0.39 is 0 Å². The zero-order valence-electron chi connectivity index (χ0n) is 13.4. The van der Waals surface area contributed by atoms with Crippen molar-refractivity contribution in [1.29, 1.82) is 0 Å². The highest BCUT2D eigenvalue weighted by atomic mass is 16.7. The van der Waals surface area contributed by atoms with Gasteiger partial charge in [-0.2, -0.15) is 0 Å². The first-order valence-corrected chi connectivity index (χ1v) is 8.46. The molecule has 0 atom stereocenters. The summed E-state index contributed by atoms with van der Waals surface area (Å²) in [7, 11) is 0. The molecule has 0 aromatic carbocycles. The van der Waals surface area contributed by atoms with Crippen LogP contribution in [0.5, 0.6) is 0 Å². The van der Waals surface area contributed by atoms with Crippen molar-refractivity contribution in [1.82, 2.24) is 0 Å². The molecule has 114 valence electrons. The largest absolute Gasteiger partial charge is 0.348 e. The molecule has 2 heteroatoms. The summed E-state index contributed by atoms with van der Waals surface area (Å²) in [5.41, 5.74) is 0. The maximum atomic E-state index is 5.89. The lowest BCUT2D eigenvalue weighted by Gasteiger charge is -2.29. The van der Waals surface area contributed by atoms with Crippen LogP contribution in [0.25, 0.3) is 0 Å². The Kier molecular flexibility index (Phi) is 8.72. The van der Waals surface area contributed by atoms with Gasteiger partial charge < -0.3 is 9.47 Å². The lowest BCUT2D eigenvalue weighted by Crippen LogP contribution is -2.31. The summed E-state index contributed by atoms with van der Waals surface area (Å²) in [6.45, 7) is 8.34. The summed E-state index contributed by atoms with van der Waals surface area (Å²) < 4.78 is 11.8. The highest BCUT2D eigenvalue weighted by molar-refractivity contribution is 4.75. The molecule has 1 aliphatic heterocycles. The molecule has 0 aromatic heterocycles. The fourth-order valence-corrected chi connectivity index (χ4v) is 3.01. The third-order valence-corrected chi connectivity index (χ3v) is 3.94. The molecule has 0 aliphatic carbocycles. The molecule has 0 spiro atoms. The summed E-state index contributed by atoms with van der Waals surface area (Å²) in [5, 5.41) is 0. The Labute approximate surface area is 120 Å². The van der Waals surface area contributed by atoms with Gasteiger partial charge in [0.1, 0.15) is 0 Å². The standard InChI is InChI=1S/C17H34O2/c1-4-5-6-7-8-9-10-11-12-17(15-16(2)3)18-13-14-19-17/h16H,4-15H2,1-3H3. The number of ether oxygens (including phenoxy) is 2. The van der Waals surface area contributed by atoms with Gasteiger partial charge in [-0.15, -0.1) is 0 Å². The van der Waals surface area contributed by atoms with Crippen molar-refractivity contribution in [3.8, 4) is 0 Å². The second-order valence-corrected chi connectivity index (χ2v) is 6.43. The van der Waals surface area contributed by atoms with Crippen LogP contribution >= 0.6 is 0 Å². The Balaban J connectivity index is 2.05. The zero-order valence-corrected chi connectivity index (χ0v) is 13.4. The quantitative estimate of drug-likeness (QED) is 0.474. The van der Waals surface area contributed by atoms with E-state index in [0.717, 1.165) is 26.1 Å². The van der Waals surface area contributed by atoms with Crippen LogP contribution in [0.1, 0.15) is 85.0 Å². The molecule has 0 unspecified atom stereocenters. The van der Waals surface area contributed by atoms with Gasteiger partial charge in [0.05, 0.1) is 13.2 Å². The Hall–Kier alpha value is -0.0800. The van der Waals surface area contributed by atoms with Crippen LogP contribution in [0.4, 0.5) is 0 Å². The Morgan fingerprint density at radius 2 is 1.37 bits per heavy atom. The van der Waals surface area contributed by atoms with E-state index in [9.17, 15) is 0 Å². The second kappa shape index (κ2) is 9.77. The van der Waals surface area contributed by atoms with Crippen molar-refractivity contribution in [2.24, 2.45) is 5.92 Å². The molecule has 0 amide bonds. The van der Waals surface area contributed by atoms with E-state index in [1.54, 1.807) is 0 Å². The topological polar surface area (TPSA) is 18.5 Å². The molecule has 1 heterocycles. The summed E-state index contributed by atoms with van der Waals surface area (Å²) in [6.07, 6.45) is 13.1. The minimum absolute atomic E-state index is 0.240. The van der Waals surface area contributed by atoms with E-state index in [2.05, 4.69) is 20.8 Å². The van der Waals surface area contributed by atoms with Crippen LogP contribution < -0.4 is 0 Å². The first-order chi connectivity index (χ1) is 9.18. The predicted molar refractivity (Wildman–Crippen MR) is 81.3 cm³/mol. The lowest BCUT2D eigenvalue weighted by atomic mass is 9.96. The molecule has 1 fully saturated rings. The van der Waals surface area contributed by atoms with Crippen LogP contribution in [0.3, 0.4) is 0 Å². The maximum absolute atomic E-state index is 5.89. The SMILES string of the molecule is CCCCCCCCCCC1(CC(C)C)OCCO1. The van der Waals surface area contributed by atoms with Crippen molar-refractivity contribution in [3.05, 3.63) is 0 Å². The molecule has 1 rings (SSSR count). The average molecular weight is 270 g/mol. The Bertz CT molecular complexity index is 207. The van der Waals surface area contributed by atoms with Crippen molar-refractivity contribution in [2.75, 3.05) is 13.2 Å². The minimum Gasteiger partial charge on any atom is -0.348 e. The van der Waals surface area contributed by atoms with Gasteiger partial charge in [0.15, 0.2) is 5.79 Å². The fourth-order valence-electron chi connectivity index (χ4n) is 3.01. The molecule has 0 N–H and O–H groups in total. The van der Waals surface area contributed by atoms with Gasteiger partial charge in [-0.05, 0) is 12.3 Å². The van der Waals surface area contributed by atoms with Crippen molar-refractivity contribution < 1.29 is 9.47 Å². The van der Waals surface area contributed by atoms with Crippen LogP contribution in [0.15, 0.2) is 0 Å². The smallest absolute Gasteiger partial charge is 0.168 e. The normalized spacial score (nSPS) is 18.3. The molecule has 0 saturated carbocycles. The maximum Gasteiger partial charge on any atom is 0.168 e. The first kappa shape index (κ1) is 17.0. The van der Waals surface area contributed by atoms with Crippen LogP contribution in [0, 0.1) is 5.92 Å². The average Bonchev–Trinajstić information content (AvgIpc) is 2.80. The van der Waals surface area contributed by atoms with Crippen molar-refractivity contribution in [3.63, 3.8) is 0 Å². The van der Waals surface area contributed by atoms with Gasteiger partial charge in [0.25, 0.3) is 0 Å². The van der Waals surface area contributed by atoms with E-state index in [-0.39, 0.29) is 5.79 Å². The zero-order chi connectivity index (χ0) is 14.0. The van der Waals surface area contributed by atoms with Gasteiger partial charge in [-0.25, -0.2) is 0 Å². The summed E-state index contributed by atoms with van der Waals surface area (Å²) in [4.78, 5) is 0. The number of unbranched alkanes of at least 4 members (excludes halogenated alkanes) is 7. The monoisotopic (exact) mass is 270 g/mol. The van der Waals surface area contributed by atoms with Gasteiger partial charge in [0, 0.05) is 12.8 Å². The summed E-state index contributed by atoms with van der Waals surface area (Å²) in [5.74, 6) is 0.406. The van der Waals surface area contributed by atoms with E-state index >= 15 is 0 Å². The number of hydrogen-bond donors (Lipinski definition) is 0. The molecular formula is C17H34O2. The molecule has 1 aliphatic rings. The Morgan fingerprint density at radius 1 is 0.842 bits per heavy atom. The number of rotatable bonds is 11. The molecule has 0 aromatic rings. The van der Waals surface area contributed by atoms with Crippen LogP contribution in [-0.4, -0.2) is 19.0 Å². The van der Waals surface area contributed by atoms with E-state index in [1.807, 2.05) is 0 Å². The predicted octanol–water partition coefficient (Wildman–Crippen LogP) is 5.31. The fraction of sp³-hybridized carbons (Fsp3) is 1.00. The number of hydrogen-bond acceptors (Lipinski definition) is 2. The second-order valence-electron chi connectivity index (χ2n) is 6.43. The van der Waals surface area contributed by atoms with E-state index in [0.29, 0.717) is 5.92 Å². The van der Waals surface area contributed by atoms with E-state index in [1.165, 1.54) is 51.4 Å². The highest BCUT2D eigenvalue weighted by Crippen LogP contribution is 2.32. The Morgan fingerprint density at radius 3 is 1.89 bits per heavy atom. The van der Waals surface area contributed by atoms with Gasteiger partial charge in [0.2, 0.25) is 0 Å². The van der Waals surface area contributed by atoms with Crippen LogP contribution in [-0.2, 0) is 9.47 Å². The third-order valence-electron chi connectivity index (χ3n) is 3.94. The van der Waals surface area contributed by atoms with Crippen molar-refractivity contribution >= 4 is 0 Å². The molecule has 2 nitrogen and oxygen atoms in total. The van der Waals surface area contributed by atoms with Crippen molar-refractivity contribution in [2.45, 2.75) is 90.8 Å². The van der Waals surface area contributed by atoms with Gasteiger partial charge in [-0.1, -0.05) is 65.7 Å². The van der Waals surface area contributed by atoms with Crippen LogP contribution in [0.2, 0.25) is 0 Å². The molecule has 0 bridgehead atoms. The van der Waals surface area contributed by atoms with Gasteiger partial charge in [-0.3, -0.25) is 0 Å². The van der Waals surface area contributed by atoms with Gasteiger partial charge >= 0.3 is 0 Å². The van der Waals surface area contributed by atoms with E-state index in [4.69, 9.17) is 9.47 Å². The third kappa shape index (κ3) is 7.31. The minimum atomic E-state index is -0.240. The molecule has 0 radical (unpaired) electrons. The summed E-state index contributed by atoms with van der Waals surface area (Å²) in [6, 6.07) is 0. The highest BCUT2D eigenvalue weighted by Gasteiger charge is 2.36. The first-order valence-electron chi connectivity index (χ1n) is 8.46.